The van der Waals surface area contributed by atoms with Gasteiger partial charge in [-0.2, -0.15) is 0 Å². The van der Waals surface area contributed by atoms with E-state index in [0.29, 0.717) is 12.1 Å². The maximum absolute atomic E-state index is 5.87. The van der Waals surface area contributed by atoms with Crippen molar-refractivity contribution < 1.29 is 4.74 Å². The van der Waals surface area contributed by atoms with Crippen molar-refractivity contribution in [3.8, 4) is 0 Å². The van der Waals surface area contributed by atoms with E-state index in [1.165, 1.54) is 11.1 Å². The highest BCUT2D eigenvalue weighted by Gasteiger charge is 2.12. The Morgan fingerprint density at radius 1 is 1.17 bits per heavy atom. The molecule has 0 heterocycles. The fraction of sp³-hybridized carbons (Fsp3) is 0.625. The van der Waals surface area contributed by atoms with Crippen molar-refractivity contribution in [1.82, 2.24) is 5.32 Å². The summed E-state index contributed by atoms with van der Waals surface area (Å²) in [6, 6.07) is 9.03. The quantitative estimate of drug-likeness (QED) is 0.755. The Morgan fingerprint density at radius 2 is 1.83 bits per heavy atom. The Hall–Kier alpha value is -0.860. The summed E-state index contributed by atoms with van der Waals surface area (Å²) in [5, 5.41) is 3.56. The first-order valence-electron chi connectivity index (χ1n) is 7.08. The molecule has 0 radical (unpaired) electrons. The minimum Gasteiger partial charge on any atom is -0.377 e. The molecular weight excluding hydrogens is 222 g/mol. The van der Waals surface area contributed by atoms with Gasteiger partial charge in [0.05, 0.1) is 18.8 Å². The van der Waals surface area contributed by atoms with Crippen molar-refractivity contribution >= 4 is 0 Å². The monoisotopic (exact) mass is 249 g/mol. The third kappa shape index (κ3) is 5.19. The molecule has 1 N–H and O–H groups in total. The van der Waals surface area contributed by atoms with Crippen LogP contribution in [0.25, 0.3) is 0 Å². The Kier molecular flexibility index (Phi) is 6.99. The highest BCUT2D eigenvalue weighted by atomic mass is 16.5. The van der Waals surface area contributed by atoms with Crippen molar-refractivity contribution in [3.63, 3.8) is 0 Å². The van der Waals surface area contributed by atoms with E-state index in [1.807, 2.05) is 0 Å². The molecule has 0 saturated heterocycles. The molecule has 0 bridgehead atoms. The number of ether oxygens (including phenoxy) is 1. The van der Waals surface area contributed by atoms with E-state index in [-0.39, 0.29) is 0 Å². The maximum Gasteiger partial charge on any atom is 0.0665 e. The molecule has 102 valence electrons. The van der Waals surface area contributed by atoms with Gasteiger partial charge in [-0.15, -0.1) is 0 Å². The molecule has 0 saturated carbocycles. The van der Waals surface area contributed by atoms with Crippen LogP contribution >= 0.6 is 0 Å². The van der Waals surface area contributed by atoms with Gasteiger partial charge in [-0.05, 0) is 38.8 Å². The number of hydrogen-bond donors (Lipinski definition) is 1. The minimum atomic E-state index is 0.305. The third-order valence-corrected chi connectivity index (χ3v) is 3.24. The zero-order chi connectivity index (χ0) is 13.4. The van der Waals surface area contributed by atoms with E-state index in [1.54, 1.807) is 0 Å². The van der Waals surface area contributed by atoms with Gasteiger partial charge in [0.1, 0.15) is 0 Å². The van der Waals surface area contributed by atoms with Crippen LogP contribution in [0.2, 0.25) is 0 Å². The average Bonchev–Trinajstić information content (AvgIpc) is 2.40. The van der Waals surface area contributed by atoms with Gasteiger partial charge in [0, 0.05) is 0 Å². The van der Waals surface area contributed by atoms with E-state index in [4.69, 9.17) is 4.74 Å². The minimum absolute atomic E-state index is 0.305. The van der Waals surface area contributed by atoms with Crippen molar-refractivity contribution in [2.45, 2.75) is 52.7 Å². The predicted octanol–water partition coefficient (Wildman–Crippen LogP) is 3.85. The molecule has 18 heavy (non-hydrogen) atoms. The predicted molar refractivity (Wildman–Crippen MR) is 77.9 cm³/mol. The van der Waals surface area contributed by atoms with Gasteiger partial charge < -0.3 is 10.1 Å². The summed E-state index contributed by atoms with van der Waals surface area (Å²) in [5.74, 6) is 0. The van der Waals surface area contributed by atoms with Crippen LogP contribution in [0.15, 0.2) is 24.3 Å². The maximum atomic E-state index is 5.87. The SMILES string of the molecule is CCCNC(COC(C)CC)c1ccc(C)cc1. The summed E-state index contributed by atoms with van der Waals surface area (Å²) in [6.45, 7) is 10.4. The molecule has 2 unspecified atom stereocenters. The number of hydrogen-bond acceptors (Lipinski definition) is 2. The Labute approximate surface area is 112 Å². The van der Waals surface area contributed by atoms with Crippen LogP contribution < -0.4 is 5.32 Å². The molecule has 2 atom stereocenters. The smallest absolute Gasteiger partial charge is 0.0665 e. The fourth-order valence-corrected chi connectivity index (χ4v) is 1.77. The first-order chi connectivity index (χ1) is 8.67. The molecule has 1 aromatic rings. The highest BCUT2D eigenvalue weighted by Crippen LogP contribution is 2.15. The molecule has 1 aromatic carbocycles. The van der Waals surface area contributed by atoms with E-state index >= 15 is 0 Å². The van der Waals surface area contributed by atoms with E-state index in [0.717, 1.165) is 26.0 Å². The van der Waals surface area contributed by atoms with Crippen LogP contribution in [0.3, 0.4) is 0 Å². The zero-order valence-electron chi connectivity index (χ0n) is 12.2. The molecule has 0 amide bonds. The Morgan fingerprint density at radius 3 is 2.39 bits per heavy atom. The standard InChI is InChI=1S/C16H27NO/c1-5-11-17-16(12-18-14(4)6-2)15-9-7-13(3)8-10-15/h7-10,14,16-17H,5-6,11-12H2,1-4H3. The highest BCUT2D eigenvalue weighted by molar-refractivity contribution is 5.24. The van der Waals surface area contributed by atoms with Crippen LogP contribution in [-0.2, 0) is 4.74 Å². The van der Waals surface area contributed by atoms with Crippen molar-refractivity contribution in [2.24, 2.45) is 0 Å². The van der Waals surface area contributed by atoms with Crippen LogP contribution in [0.5, 0.6) is 0 Å². The normalized spacial score (nSPS) is 14.4. The zero-order valence-corrected chi connectivity index (χ0v) is 12.2. The summed E-state index contributed by atoms with van der Waals surface area (Å²) in [6.07, 6.45) is 2.54. The van der Waals surface area contributed by atoms with Gasteiger partial charge in [-0.3, -0.25) is 0 Å². The largest absolute Gasteiger partial charge is 0.377 e. The van der Waals surface area contributed by atoms with Crippen LogP contribution in [0.4, 0.5) is 0 Å². The van der Waals surface area contributed by atoms with Gasteiger partial charge >= 0.3 is 0 Å². The van der Waals surface area contributed by atoms with E-state index < -0.39 is 0 Å². The Bertz CT molecular complexity index is 320. The summed E-state index contributed by atoms with van der Waals surface area (Å²) < 4.78 is 5.87. The molecule has 0 spiro atoms. The van der Waals surface area contributed by atoms with Crippen molar-refractivity contribution in [1.29, 1.82) is 0 Å². The molecular formula is C16H27NO. The van der Waals surface area contributed by atoms with E-state index in [2.05, 4.69) is 57.3 Å². The Balaban J connectivity index is 2.62. The first kappa shape index (κ1) is 15.2. The van der Waals surface area contributed by atoms with Gasteiger partial charge in [0.2, 0.25) is 0 Å². The second kappa shape index (κ2) is 8.28. The number of rotatable bonds is 8. The molecule has 2 nitrogen and oxygen atoms in total. The molecule has 0 aliphatic heterocycles. The number of benzene rings is 1. The topological polar surface area (TPSA) is 21.3 Å². The lowest BCUT2D eigenvalue weighted by molar-refractivity contribution is 0.0474. The summed E-state index contributed by atoms with van der Waals surface area (Å²) in [7, 11) is 0. The number of nitrogens with one attached hydrogen (secondary N) is 1. The summed E-state index contributed by atoms with van der Waals surface area (Å²) in [4.78, 5) is 0. The van der Waals surface area contributed by atoms with Crippen LogP contribution in [0.1, 0.15) is 50.8 Å². The van der Waals surface area contributed by atoms with Gasteiger partial charge in [0.25, 0.3) is 0 Å². The molecule has 2 heteroatoms. The molecule has 0 aromatic heterocycles. The summed E-state index contributed by atoms with van der Waals surface area (Å²) in [5.41, 5.74) is 2.62. The third-order valence-electron chi connectivity index (χ3n) is 3.24. The summed E-state index contributed by atoms with van der Waals surface area (Å²) >= 11 is 0. The lowest BCUT2D eigenvalue weighted by atomic mass is 10.1. The fourth-order valence-electron chi connectivity index (χ4n) is 1.77. The second-order valence-corrected chi connectivity index (χ2v) is 4.97. The molecule has 0 fully saturated rings. The van der Waals surface area contributed by atoms with E-state index in [9.17, 15) is 0 Å². The first-order valence-corrected chi connectivity index (χ1v) is 7.08. The molecule has 1 rings (SSSR count). The van der Waals surface area contributed by atoms with Crippen LogP contribution in [0, 0.1) is 6.92 Å². The lowest BCUT2D eigenvalue weighted by Gasteiger charge is -2.21. The average molecular weight is 249 g/mol. The van der Waals surface area contributed by atoms with Crippen molar-refractivity contribution in [3.05, 3.63) is 35.4 Å². The van der Waals surface area contributed by atoms with Gasteiger partial charge in [-0.25, -0.2) is 0 Å². The molecule has 0 aliphatic rings. The molecule has 0 aliphatic carbocycles. The van der Waals surface area contributed by atoms with Crippen molar-refractivity contribution in [2.75, 3.05) is 13.2 Å². The second-order valence-electron chi connectivity index (χ2n) is 4.97. The van der Waals surface area contributed by atoms with Gasteiger partial charge in [-0.1, -0.05) is 43.7 Å². The van der Waals surface area contributed by atoms with Gasteiger partial charge in [0.15, 0.2) is 0 Å². The number of aryl methyl sites for hydroxylation is 1. The van der Waals surface area contributed by atoms with Crippen LogP contribution in [-0.4, -0.2) is 19.3 Å². The lowest BCUT2D eigenvalue weighted by Crippen LogP contribution is -2.27.